The van der Waals surface area contributed by atoms with Crippen LogP contribution in [-0.4, -0.2) is 20.3 Å². The lowest BCUT2D eigenvalue weighted by Gasteiger charge is -2.12. The fourth-order valence-electron chi connectivity index (χ4n) is 1.23. The van der Waals surface area contributed by atoms with Gasteiger partial charge in [-0.1, -0.05) is 15.9 Å². The first-order chi connectivity index (χ1) is 7.24. The number of hydrogen-bond donors (Lipinski definition) is 0. The minimum absolute atomic E-state index is 0.213. The van der Waals surface area contributed by atoms with Gasteiger partial charge in [-0.3, -0.25) is 0 Å². The Morgan fingerprint density at radius 1 is 1.40 bits per heavy atom. The van der Waals surface area contributed by atoms with Crippen molar-refractivity contribution in [3.05, 3.63) is 22.2 Å². The summed E-state index contributed by atoms with van der Waals surface area (Å²) in [5, 5.41) is 0. The van der Waals surface area contributed by atoms with E-state index in [2.05, 4.69) is 20.9 Å². The van der Waals surface area contributed by atoms with Crippen LogP contribution in [0.5, 0.6) is 11.5 Å². The number of methoxy groups -OCH3 is 2. The molecule has 80 valence electrons. The highest BCUT2D eigenvalue weighted by Gasteiger charge is 2.12. The summed E-state index contributed by atoms with van der Waals surface area (Å²) in [6.45, 7) is 0.213. The minimum atomic E-state index is 0.213. The van der Waals surface area contributed by atoms with Crippen molar-refractivity contribution in [1.82, 2.24) is 0 Å². The summed E-state index contributed by atoms with van der Waals surface area (Å²) in [6, 6.07) is 3.59. The Bertz CT molecular complexity index is 400. The van der Waals surface area contributed by atoms with Gasteiger partial charge in [0.05, 0.1) is 20.8 Å². The summed E-state index contributed by atoms with van der Waals surface area (Å²) >= 11 is 3.36. The molecule has 1 aromatic rings. The number of carbonyl (C=O) groups excluding carboxylic acids is 1. The van der Waals surface area contributed by atoms with Crippen molar-refractivity contribution < 1.29 is 14.3 Å². The fourth-order valence-corrected chi connectivity index (χ4v) is 1.66. The molecule has 15 heavy (non-hydrogen) atoms. The van der Waals surface area contributed by atoms with E-state index in [-0.39, 0.29) is 6.54 Å². The molecule has 0 heterocycles. The monoisotopic (exact) mass is 271 g/mol. The van der Waals surface area contributed by atoms with Gasteiger partial charge in [0.25, 0.3) is 0 Å². The van der Waals surface area contributed by atoms with Crippen molar-refractivity contribution in [1.29, 1.82) is 0 Å². The van der Waals surface area contributed by atoms with Gasteiger partial charge in [-0.15, -0.1) is 0 Å². The van der Waals surface area contributed by atoms with Crippen LogP contribution in [0, 0.1) is 0 Å². The van der Waals surface area contributed by atoms with Crippen LogP contribution in [0.2, 0.25) is 0 Å². The number of halogens is 1. The summed E-state index contributed by atoms with van der Waals surface area (Å²) in [4.78, 5) is 13.6. The largest absolute Gasteiger partial charge is 0.493 e. The third-order valence-electron chi connectivity index (χ3n) is 1.89. The molecule has 0 saturated heterocycles. The Morgan fingerprint density at radius 3 is 2.67 bits per heavy atom. The van der Waals surface area contributed by atoms with Crippen molar-refractivity contribution in [3.8, 4) is 11.5 Å². The Balaban J connectivity index is 3.24. The van der Waals surface area contributed by atoms with Gasteiger partial charge in [0, 0.05) is 10.0 Å². The van der Waals surface area contributed by atoms with E-state index in [1.54, 1.807) is 20.3 Å². The molecule has 0 aliphatic rings. The number of benzene rings is 1. The highest BCUT2D eigenvalue weighted by atomic mass is 79.9. The topological polar surface area (TPSA) is 47.9 Å². The molecule has 1 aromatic carbocycles. The Morgan fingerprint density at radius 2 is 2.13 bits per heavy atom. The summed E-state index contributed by atoms with van der Waals surface area (Å²) in [6.07, 6.45) is 1.49. The summed E-state index contributed by atoms with van der Waals surface area (Å²) in [5.41, 5.74) is 0.764. The van der Waals surface area contributed by atoms with E-state index < -0.39 is 0 Å². The normalized spacial score (nSPS) is 9.27. The second-order valence-electron chi connectivity index (χ2n) is 2.67. The maximum Gasteiger partial charge on any atom is 0.235 e. The summed E-state index contributed by atoms with van der Waals surface area (Å²) < 4.78 is 11.1. The Hall–Kier alpha value is -1.32. The number of aliphatic imine (C=N–C) groups is 1. The molecule has 0 N–H and O–H groups in total. The van der Waals surface area contributed by atoms with Gasteiger partial charge >= 0.3 is 0 Å². The molecular formula is C10H10BrNO3. The van der Waals surface area contributed by atoms with E-state index in [1.165, 1.54) is 6.08 Å². The van der Waals surface area contributed by atoms with Crippen LogP contribution >= 0.6 is 15.9 Å². The average molecular weight is 272 g/mol. The first-order valence-corrected chi connectivity index (χ1v) is 4.96. The quantitative estimate of drug-likeness (QED) is 0.624. The number of rotatable bonds is 4. The Labute approximate surface area is 96.0 Å². The van der Waals surface area contributed by atoms with Crippen LogP contribution in [-0.2, 0) is 11.3 Å². The first kappa shape index (κ1) is 11.8. The van der Waals surface area contributed by atoms with Gasteiger partial charge in [-0.25, -0.2) is 9.79 Å². The van der Waals surface area contributed by atoms with Gasteiger partial charge < -0.3 is 9.47 Å². The molecule has 0 bridgehead atoms. The lowest BCUT2D eigenvalue weighted by atomic mass is 10.2. The molecule has 0 aromatic heterocycles. The van der Waals surface area contributed by atoms with E-state index in [1.807, 2.05) is 6.07 Å². The molecule has 0 spiro atoms. The van der Waals surface area contributed by atoms with Crippen LogP contribution in [0.1, 0.15) is 5.56 Å². The zero-order valence-electron chi connectivity index (χ0n) is 8.41. The second-order valence-corrected chi connectivity index (χ2v) is 3.52. The zero-order chi connectivity index (χ0) is 11.3. The van der Waals surface area contributed by atoms with Crippen molar-refractivity contribution >= 4 is 22.0 Å². The number of isocyanates is 1. The van der Waals surface area contributed by atoms with E-state index in [0.717, 1.165) is 10.0 Å². The third kappa shape index (κ3) is 2.58. The Kier molecular flexibility index (Phi) is 4.34. The lowest BCUT2D eigenvalue weighted by Crippen LogP contribution is -1.96. The molecule has 0 aliphatic carbocycles. The fraction of sp³-hybridized carbons (Fsp3) is 0.300. The molecule has 0 unspecified atom stereocenters. The van der Waals surface area contributed by atoms with E-state index in [4.69, 9.17) is 9.47 Å². The van der Waals surface area contributed by atoms with E-state index >= 15 is 0 Å². The van der Waals surface area contributed by atoms with Crippen LogP contribution in [0.15, 0.2) is 21.6 Å². The first-order valence-electron chi connectivity index (χ1n) is 4.17. The zero-order valence-corrected chi connectivity index (χ0v) is 10.00. The van der Waals surface area contributed by atoms with Crippen LogP contribution in [0.4, 0.5) is 0 Å². The molecule has 0 amide bonds. The standard InChI is InChI=1S/C10H10BrNO3/c1-14-9-4-3-8(11)7(5-12-6-13)10(9)15-2/h3-4H,5H2,1-2H3. The maximum atomic E-state index is 10.1. The van der Waals surface area contributed by atoms with Crippen molar-refractivity contribution in [2.45, 2.75) is 6.54 Å². The highest BCUT2D eigenvalue weighted by molar-refractivity contribution is 9.10. The van der Waals surface area contributed by atoms with Crippen LogP contribution in [0.25, 0.3) is 0 Å². The van der Waals surface area contributed by atoms with Gasteiger partial charge in [-0.05, 0) is 12.1 Å². The summed E-state index contributed by atoms with van der Waals surface area (Å²) in [5.74, 6) is 1.18. The molecule has 0 saturated carbocycles. The molecule has 0 aliphatic heterocycles. The smallest absolute Gasteiger partial charge is 0.235 e. The van der Waals surface area contributed by atoms with Gasteiger partial charge in [-0.2, -0.15) is 0 Å². The molecule has 0 atom stereocenters. The number of ether oxygens (including phenoxy) is 2. The molecular weight excluding hydrogens is 262 g/mol. The number of nitrogens with zero attached hydrogens (tertiary/aromatic N) is 1. The van der Waals surface area contributed by atoms with Crippen molar-refractivity contribution in [2.24, 2.45) is 4.99 Å². The molecule has 5 heteroatoms. The molecule has 0 radical (unpaired) electrons. The van der Waals surface area contributed by atoms with Crippen molar-refractivity contribution in [2.75, 3.05) is 14.2 Å². The SMILES string of the molecule is COc1ccc(Br)c(CN=C=O)c1OC. The van der Waals surface area contributed by atoms with Gasteiger partial charge in [0.2, 0.25) is 6.08 Å². The predicted octanol–water partition coefficient (Wildman–Crippen LogP) is 2.30. The molecule has 4 nitrogen and oxygen atoms in total. The maximum absolute atomic E-state index is 10.1. The van der Waals surface area contributed by atoms with Crippen molar-refractivity contribution in [3.63, 3.8) is 0 Å². The average Bonchev–Trinajstić information content (AvgIpc) is 2.27. The van der Waals surface area contributed by atoms with Gasteiger partial charge in [0.1, 0.15) is 0 Å². The van der Waals surface area contributed by atoms with E-state index in [9.17, 15) is 4.79 Å². The van der Waals surface area contributed by atoms with E-state index in [0.29, 0.717) is 11.5 Å². The second kappa shape index (κ2) is 5.53. The van der Waals surface area contributed by atoms with Crippen LogP contribution < -0.4 is 9.47 Å². The third-order valence-corrected chi connectivity index (χ3v) is 2.64. The van der Waals surface area contributed by atoms with Gasteiger partial charge in [0.15, 0.2) is 11.5 Å². The molecule has 0 fully saturated rings. The van der Waals surface area contributed by atoms with Crippen LogP contribution in [0.3, 0.4) is 0 Å². The summed E-state index contributed by atoms with van der Waals surface area (Å²) in [7, 11) is 3.09. The lowest BCUT2D eigenvalue weighted by molar-refractivity contribution is 0.351. The highest BCUT2D eigenvalue weighted by Crippen LogP contribution is 2.36. The minimum Gasteiger partial charge on any atom is -0.493 e. The molecule has 1 rings (SSSR count). The predicted molar refractivity (Wildman–Crippen MR) is 59.1 cm³/mol. The number of hydrogen-bond acceptors (Lipinski definition) is 4.